The third kappa shape index (κ3) is 4.91. The maximum absolute atomic E-state index is 3.46. The fraction of sp³-hybridized carbons (Fsp3) is 0.625. The molecule has 0 amide bonds. The number of benzene rings is 1. The maximum Gasteiger partial charge on any atom is -0.00488 e. The molecule has 1 rings (SSSR count). The highest BCUT2D eigenvalue weighted by Gasteiger charge is 2.01. The van der Waals surface area contributed by atoms with E-state index in [0.29, 0.717) is 0 Å². The molecule has 0 radical (unpaired) electrons. The second-order valence-corrected chi connectivity index (χ2v) is 5.07. The van der Waals surface area contributed by atoms with Crippen LogP contribution in [0.15, 0.2) is 12.1 Å². The Kier molecular flexibility index (Phi) is 6.28. The van der Waals surface area contributed by atoms with Crippen molar-refractivity contribution in [2.24, 2.45) is 0 Å². The molecular formula is C16H27N. The quantitative estimate of drug-likeness (QED) is 0.704. The van der Waals surface area contributed by atoms with Crippen molar-refractivity contribution in [1.29, 1.82) is 0 Å². The molecule has 17 heavy (non-hydrogen) atoms. The van der Waals surface area contributed by atoms with Gasteiger partial charge in [-0.3, -0.25) is 0 Å². The summed E-state index contributed by atoms with van der Waals surface area (Å²) in [5.41, 5.74) is 5.82. The molecule has 96 valence electrons. The van der Waals surface area contributed by atoms with Crippen molar-refractivity contribution in [1.82, 2.24) is 5.32 Å². The minimum absolute atomic E-state index is 1.16. The first kappa shape index (κ1) is 14.2. The molecule has 0 aliphatic heterocycles. The Labute approximate surface area is 107 Å². The van der Waals surface area contributed by atoms with E-state index in [4.69, 9.17) is 0 Å². The van der Waals surface area contributed by atoms with Gasteiger partial charge in [0.2, 0.25) is 0 Å². The van der Waals surface area contributed by atoms with E-state index in [9.17, 15) is 0 Å². The summed E-state index contributed by atoms with van der Waals surface area (Å²) in [5, 5.41) is 3.46. The van der Waals surface area contributed by atoms with E-state index in [2.05, 4.69) is 45.1 Å². The van der Waals surface area contributed by atoms with Crippen LogP contribution in [-0.2, 0) is 6.42 Å². The van der Waals surface area contributed by atoms with Gasteiger partial charge in [-0.25, -0.2) is 0 Å². The Morgan fingerprint density at radius 2 is 1.59 bits per heavy atom. The average molecular weight is 233 g/mol. The first-order valence-corrected chi connectivity index (χ1v) is 6.92. The van der Waals surface area contributed by atoms with Crippen LogP contribution < -0.4 is 5.32 Å². The number of nitrogens with one attached hydrogen (secondary N) is 1. The summed E-state index contributed by atoms with van der Waals surface area (Å²) < 4.78 is 0. The van der Waals surface area contributed by atoms with Gasteiger partial charge in [-0.2, -0.15) is 0 Å². The fourth-order valence-electron chi connectivity index (χ4n) is 2.16. The molecule has 1 N–H and O–H groups in total. The summed E-state index contributed by atoms with van der Waals surface area (Å²) >= 11 is 0. The Morgan fingerprint density at radius 3 is 2.29 bits per heavy atom. The predicted molar refractivity (Wildman–Crippen MR) is 76.8 cm³/mol. The van der Waals surface area contributed by atoms with Crippen LogP contribution in [0.4, 0.5) is 0 Å². The molecule has 0 heterocycles. The van der Waals surface area contributed by atoms with Crippen molar-refractivity contribution in [3.05, 3.63) is 34.4 Å². The number of hydrogen-bond donors (Lipinski definition) is 1. The largest absolute Gasteiger partial charge is 0.317 e. The van der Waals surface area contributed by atoms with Crippen LogP contribution in [0.1, 0.15) is 48.4 Å². The molecule has 1 aromatic carbocycles. The van der Waals surface area contributed by atoms with E-state index in [-0.39, 0.29) is 0 Å². The highest BCUT2D eigenvalue weighted by molar-refractivity contribution is 5.36. The van der Waals surface area contributed by atoms with Gasteiger partial charge in [-0.05, 0) is 81.8 Å². The molecule has 1 aromatic rings. The monoisotopic (exact) mass is 233 g/mol. The van der Waals surface area contributed by atoms with Crippen LogP contribution in [0.5, 0.6) is 0 Å². The molecule has 0 spiro atoms. The van der Waals surface area contributed by atoms with Gasteiger partial charge in [0.15, 0.2) is 0 Å². The van der Waals surface area contributed by atoms with Crippen molar-refractivity contribution < 1.29 is 0 Å². The van der Waals surface area contributed by atoms with Crippen LogP contribution in [0.2, 0.25) is 0 Å². The van der Waals surface area contributed by atoms with Crippen molar-refractivity contribution in [2.75, 3.05) is 13.1 Å². The molecule has 0 atom stereocenters. The molecule has 1 heteroatoms. The Hall–Kier alpha value is -0.820. The smallest absolute Gasteiger partial charge is 0.00488 e. The average Bonchev–Trinajstić information content (AvgIpc) is 2.30. The Balaban J connectivity index is 2.34. The lowest BCUT2D eigenvalue weighted by molar-refractivity contribution is 0.616. The van der Waals surface area contributed by atoms with E-state index < -0.39 is 0 Å². The summed E-state index contributed by atoms with van der Waals surface area (Å²) in [7, 11) is 0. The zero-order valence-electron chi connectivity index (χ0n) is 11.9. The van der Waals surface area contributed by atoms with Crippen molar-refractivity contribution >= 4 is 0 Å². The lowest BCUT2D eigenvalue weighted by Gasteiger charge is -2.10. The van der Waals surface area contributed by atoms with Gasteiger partial charge >= 0.3 is 0 Å². The normalized spacial score (nSPS) is 10.8. The van der Waals surface area contributed by atoms with E-state index in [1.54, 1.807) is 0 Å². The fourth-order valence-corrected chi connectivity index (χ4v) is 2.16. The minimum Gasteiger partial charge on any atom is -0.317 e. The molecule has 0 aromatic heterocycles. The maximum atomic E-state index is 3.46. The highest BCUT2D eigenvalue weighted by Crippen LogP contribution is 2.17. The van der Waals surface area contributed by atoms with Crippen LogP contribution >= 0.6 is 0 Å². The molecule has 0 unspecified atom stereocenters. The van der Waals surface area contributed by atoms with E-state index in [1.165, 1.54) is 47.9 Å². The summed E-state index contributed by atoms with van der Waals surface area (Å²) in [4.78, 5) is 0. The molecule has 0 fully saturated rings. The van der Waals surface area contributed by atoms with Crippen LogP contribution in [0, 0.1) is 20.8 Å². The molecule has 0 aliphatic rings. The number of rotatable bonds is 7. The highest BCUT2D eigenvalue weighted by atomic mass is 14.8. The van der Waals surface area contributed by atoms with Crippen molar-refractivity contribution in [2.45, 2.75) is 53.4 Å². The van der Waals surface area contributed by atoms with Gasteiger partial charge in [0.05, 0.1) is 0 Å². The SMILES string of the molecule is CCCNCCCCc1cc(C)c(C)cc1C. The van der Waals surface area contributed by atoms with Crippen molar-refractivity contribution in [3.8, 4) is 0 Å². The second-order valence-electron chi connectivity index (χ2n) is 5.07. The number of aryl methyl sites for hydroxylation is 4. The zero-order valence-corrected chi connectivity index (χ0v) is 11.9. The lowest BCUT2D eigenvalue weighted by atomic mass is 9.97. The van der Waals surface area contributed by atoms with Gasteiger partial charge in [0.1, 0.15) is 0 Å². The predicted octanol–water partition coefficient (Wildman–Crippen LogP) is 3.93. The van der Waals surface area contributed by atoms with E-state index in [1.807, 2.05) is 0 Å². The van der Waals surface area contributed by atoms with Crippen LogP contribution in [-0.4, -0.2) is 13.1 Å². The second kappa shape index (κ2) is 7.50. The van der Waals surface area contributed by atoms with Crippen molar-refractivity contribution in [3.63, 3.8) is 0 Å². The summed E-state index contributed by atoms with van der Waals surface area (Å²) in [6.07, 6.45) is 5.03. The van der Waals surface area contributed by atoms with Gasteiger partial charge in [-0.1, -0.05) is 19.1 Å². The van der Waals surface area contributed by atoms with Gasteiger partial charge < -0.3 is 5.32 Å². The molecule has 0 aliphatic carbocycles. The third-order valence-corrected chi connectivity index (χ3v) is 3.43. The van der Waals surface area contributed by atoms with Gasteiger partial charge in [0.25, 0.3) is 0 Å². The van der Waals surface area contributed by atoms with E-state index in [0.717, 1.165) is 13.1 Å². The summed E-state index contributed by atoms with van der Waals surface area (Å²) in [5.74, 6) is 0. The molecular weight excluding hydrogens is 206 g/mol. The Morgan fingerprint density at radius 1 is 0.882 bits per heavy atom. The minimum atomic E-state index is 1.16. The third-order valence-electron chi connectivity index (χ3n) is 3.43. The first-order valence-electron chi connectivity index (χ1n) is 6.92. The molecule has 1 nitrogen and oxygen atoms in total. The molecule has 0 bridgehead atoms. The van der Waals surface area contributed by atoms with Crippen LogP contribution in [0.25, 0.3) is 0 Å². The van der Waals surface area contributed by atoms with Crippen LogP contribution in [0.3, 0.4) is 0 Å². The first-order chi connectivity index (χ1) is 8.15. The Bertz CT molecular complexity index is 342. The zero-order chi connectivity index (χ0) is 12.7. The molecule has 0 saturated carbocycles. The summed E-state index contributed by atoms with van der Waals surface area (Å²) in [6.45, 7) is 11.2. The topological polar surface area (TPSA) is 12.0 Å². The number of hydrogen-bond acceptors (Lipinski definition) is 1. The molecule has 0 saturated heterocycles. The standard InChI is InChI=1S/C16H27N/c1-5-9-17-10-7-6-8-16-12-14(3)13(2)11-15(16)4/h11-12,17H,5-10H2,1-4H3. The van der Waals surface area contributed by atoms with Gasteiger partial charge in [0, 0.05) is 0 Å². The van der Waals surface area contributed by atoms with E-state index >= 15 is 0 Å². The summed E-state index contributed by atoms with van der Waals surface area (Å²) in [6, 6.07) is 4.68. The lowest BCUT2D eigenvalue weighted by Crippen LogP contribution is -2.15. The number of unbranched alkanes of at least 4 members (excludes halogenated alkanes) is 1. The van der Waals surface area contributed by atoms with Gasteiger partial charge in [-0.15, -0.1) is 0 Å².